The summed E-state index contributed by atoms with van der Waals surface area (Å²) in [6.07, 6.45) is 0. The Morgan fingerprint density at radius 3 is 2.29 bits per heavy atom. The molecule has 0 aliphatic heterocycles. The van der Waals surface area contributed by atoms with E-state index in [1.807, 2.05) is 0 Å². The van der Waals surface area contributed by atoms with Crippen molar-refractivity contribution in [1.29, 1.82) is 0 Å². The number of alkyl halides is 3. The first-order valence-corrected chi connectivity index (χ1v) is 5.71. The van der Waals surface area contributed by atoms with Crippen LogP contribution in [-0.4, -0.2) is 4.92 Å². The van der Waals surface area contributed by atoms with Gasteiger partial charge in [0.05, 0.1) is 11.0 Å². The predicted octanol–water partition coefficient (Wildman–Crippen LogP) is 4.03. The summed E-state index contributed by atoms with van der Waals surface area (Å²) in [6.45, 7) is 0. The topological polar surface area (TPSA) is 43.1 Å². The second kappa shape index (κ2) is 4.24. The minimum absolute atomic E-state index is 0.239. The highest BCUT2D eigenvalue weighted by Gasteiger charge is 2.26. The average molecular weight is 392 g/mol. The molecule has 0 unspecified atom stereocenters. The minimum Gasteiger partial charge on any atom is -0.258 e. The molecule has 1 aromatic carbocycles. The lowest BCUT2D eigenvalue weighted by molar-refractivity contribution is -0.385. The highest BCUT2D eigenvalue weighted by Crippen LogP contribution is 2.45. The van der Waals surface area contributed by atoms with Crippen molar-refractivity contribution in [2.24, 2.45) is 0 Å². The van der Waals surface area contributed by atoms with Gasteiger partial charge in [-0.05, 0) is 6.07 Å². The third-order valence-corrected chi connectivity index (χ3v) is 2.75. The van der Waals surface area contributed by atoms with E-state index in [2.05, 4.69) is 47.8 Å². The second-order valence-corrected chi connectivity index (χ2v) is 9.18. The van der Waals surface area contributed by atoms with Crippen molar-refractivity contribution in [2.45, 2.75) is 2.14 Å². The van der Waals surface area contributed by atoms with Gasteiger partial charge in [-0.2, -0.15) is 0 Å². The zero-order valence-corrected chi connectivity index (χ0v) is 11.3. The van der Waals surface area contributed by atoms with Crippen LogP contribution in [0, 0.1) is 15.9 Å². The largest absolute Gasteiger partial charge is 0.272 e. The van der Waals surface area contributed by atoms with E-state index in [-0.39, 0.29) is 11.3 Å². The van der Waals surface area contributed by atoms with Crippen molar-refractivity contribution in [3.05, 3.63) is 39.7 Å². The molecule has 1 rings (SSSR count). The molecule has 0 aliphatic rings. The molecular formula is C7H3Br3FNO2. The molecular weight excluding hydrogens is 389 g/mol. The van der Waals surface area contributed by atoms with Crippen LogP contribution < -0.4 is 0 Å². The number of rotatable bonds is 1. The molecule has 0 aliphatic carbocycles. The maximum Gasteiger partial charge on any atom is 0.272 e. The van der Waals surface area contributed by atoms with Crippen LogP contribution in [0.1, 0.15) is 5.56 Å². The maximum absolute atomic E-state index is 13.3. The molecule has 7 heteroatoms. The van der Waals surface area contributed by atoms with Crippen LogP contribution in [0.3, 0.4) is 0 Å². The van der Waals surface area contributed by atoms with Crippen LogP contribution in [0.15, 0.2) is 18.2 Å². The summed E-state index contributed by atoms with van der Waals surface area (Å²) in [4.78, 5) is 9.67. The van der Waals surface area contributed by atoms with E-state index in [0.717, 1.165) is 6.07 Å². The first-order valence-electron chi connectivity index (χ1n) is 3.33. The predicted molar refractivity (Wildman–Crippen MR) is 61.5 cm³/mol. The van der Waals surface area contributed by atoms with Gasteiger partial charge >= 0.3 is 0 Å². The van der Waals surface area contributed by atoms with Crippen molar-refractivity contribution >= 4 is 53.5 Å². The van der Waals surface area contributed by atoms with E-state index in [1.54, 1.807) is 0 Å². The summed E-state index contributed by atoms with van der Waals surface area (Å²) in [7, 11) is 0. The lowest BCUT2D eigenvalue weighted by Gasteiger charge is -2.12. The summed E-state index contributed by atoms with van der Waals surface area (Å²) in [5.74, 6) is -0.662. The number of non-ortho nitro benzene ring substituents is 1. The Bertz CT molecular complexity index is 378. The lowest BCUT2D eigenvalue weighted by Crippen LogP contribution is -2.02. The Morgan fingerprint density at radius 2 is 1.93 bits per heavy atom. The number of nitro benzene ring substituents is 1. The van der Waals surface area contributed by atoms with E-state index in [9.17, 15) is 14.5 Å². The summed E-state index contributed by atoms with van der Waals surface area (Å²) in [6, 6.07) is 3.43. The number of nitro groups is 1. The van der Waals surface area contributed by atoms with Crippen molar-refractivity contribution in [2.75, 3.05) is 0 Å². The quantitative estimate of drug-likeness (QED) is 0.412. The van der Waals surface area contributed by atoms with Crippen LogP contribution in [-0.2, 0) is 2.14 Å². The molecule has 0 bridgehead atoms. The molecule has 0 saturated carbocycles. The SMILES string of the molecule is O=[N+]([O-])c1ccc(C(Br)(Br)Br)c(F)c1. The molecule has 0 N–H and O–H groups in total. The highest BCUT2D eigenvalue weighted by atomic mass is 80.0. The molecule has 76 valence electrons. The van der Waals surface area contributed by atoms with Gasteiger partial charge in [0.1, 0.15) is 5.82 Å². The molecule has 0 radical (unpaired) electrons. The van der Waals surface area contributed by atoms with Gasteiger partial charge in [0.15, 0.2) is 2.14 Å². The van der Waals surface area contributed by atoms with E-state index < -0.39 is 12.9 Å². The third kappa shape index (κ3) is 2.74. The summed E-state index contributed by atoms with van der Waals surface area (Å²) in [5, 5.41) is 10.3. The number of nitrogens with zero attached hydrogens (tertiary/aromatic N) is 1. The number of hydrogen-bond donors (Lipinski definition) is 0. The van der Waals surface area contributed by atoms with Gasteiger partial charge < -0.3 is 0 Å². The fourth-order valence-corrected chi connectivity index (χ4v) is 1.81. The first-order chi connectivity index (χ1) is 6.32. The molecule has 0 atom stereocenters. The monoisotopic (exact) mass is 389 g/mol. The van der Waals surface area contributed by atoms with Gasteiger partial charge in [0.25, 0.3) is 5.69 Å². The van der Waals surface area contributed by atoms with E-state index >= 15 is 0 Å². The average Bonchev–Trinajstić information content (AvgIpc) is 2.01. The summed E-state index contributed by atoms with van der Waals surface area (Å²) < 4.78 is 12.4. The van der Waals surface area contributed by atoms with Gasteiger partial charge in [-0.1, -0.05) is 47.8 Å². The Morgan fingerprint density at radius 1 is 1.36 bits per heavy atom. The Labute approximate surface area is 104 Å². The zero-order chi connectivity index (χ0) is 10.9. The molecule has 0 amide bonds. The van der Waals surface area contributed by atoms with Crippen LogP contribution in [0.25, 0.3) is 0 Å². The van der Waals surface area contributed by atoms with Crippen LogP contribution in [0.4, 0.5) is 10.1 Å². The van der Waals surface area contributed by atoms with Gasteiger partial charge in [-0.25, -0.2) is 4.39 Å². The molecule has 0 fully saturated rings. The van der Waals surface area contributed by atoms with Crippen LogP contribution >= 0.6 is 47.8 Å². The lowest BCUT2D eigenvalue weighted by atomic mass is 10.2. The smallest absolute Gasteiger partial charge is 0.258 e. The maximum atomic E-state index is 13.3. The van der Waals surface area contributed by atoms with Crippen LogP contribution in [0.5, 0.6) is 0 Å². The number of benzene rings is 1. The molecule has 0 heterocycles. The fourth-order valence-electron chi connectivity index (χ4n) is 0.847. The van der Waals surface area contributed by atoms with E-state index in [1.165, 1.54) is 12.1 Å². The third-order valence-electron chi connectivity index (χ3n) is 1.47. The molecule has 0 saturated heterocycles. The Kier molecular flexibility index (Phi) is 3.65. The Balaban J connectivity index is 3.21. The van der Waals surface area contributed by atoms with Gasteiger partial charge in [0.2, 0.25) is 0 Å². The normalized spacial score (nSPS) is 11.4. The first kappa shape index (κ1) is 12.1. The van der Waals surface area contributed by atoms with Gasteiger partial charge in [-0.15, -0.1) is 0 Å². The van der Waals surface area contributed by atoms with Crippen molar-refractivity contribution in [3.63, 3.8) is 0 Å². The van der Waals surface area contributed by atoms with E-state index in [0.29, 0.717) is 0 Å². The summed E-state index contributed by atoms with van der Waals surface area (Å²) >= 11 is 9.37. The van der Waals surface area contributed by atoms with Crippen molar-refractivity contribution in [3.8, 4) is 0 Å². The van der Waals surface area contributed by atoms with Crippen LogP contribution in [0.2, 0.25) is 0 Å². The van der Waals surface area contributed by atoms with Crippen molar-refractivity contribution in [1.82, 2.24) is 0 Å². The molecule has 14 heavy (non-hydrogen) atoms. The molecule has 0 spiro atoms. The summed E-state index contributed by atoms with van der Waals surface area (Å²) in [5.41, 5.74) is -0.0360. The van der Waals surface area contributed by atoms with Gasteiger partial charge in [0, 0.05) is 11.6 Å². The van der Waals surface area contributed by atoms with E-state index in [4.69, 9.17) is 0 Å². The Hall–Kier alpha value is -0.0100. The molecule has 1 aromatic rings. The number of hydrogen-bond acceptors (Lipinski definition) is 2. The molecule has 3 nitrogen and oxygen atoms in total. The standard InChI is InChI=1S/C7H3Br3FNO2/c8-7(9,10)5-2-1-4(12(13)14)3-6(5)11/h1-3H. The van der Waals surface area contributed by atoms with Gasteiger partial charge in [-0.3, -0.25) is 10.1 Å². The highest BCUT2D eigenvalue weighted by molar-refractivity contribution is 9.38. The zero-order valence-electron chi connectivity index (χ0n) is 6.51. The fraction of sp³-hybridized carbons (Fsp3) is 0.143. The number of halogens is 4. The van der Waals surface area contributed by atoms with Crippen molar-refractivity contribution < 1.29 is 9.31 Å². The molecule has 0 aromatic heterocycles. The second-order valence-electron chi connectivity index (χ2n) is 2.42. The minimum atomic E-state index is -0.897.